The predicted molar refractivity (Wildman–Crippen MR) is 91.0 cm³/mol. The van der Waals surface area contributed by atoms with Gasteiger partial charge >= 0.3 is 0 Å². The Morgan fingerprint density at radius 3 is 2.55 bits per heavy atom. The average molecular weight is 363 g/mol. The van der Waals surface area contributed by atoms with Crippen LogP contribution >= 0.6 is 34.8 Å². The molecular formula is C16H15Cl3FNO. The predicted octanol–water partition coefficient (Wildman–Crippen LogP) is 6.19. The Balaban J connectivity index is 2.18. The third kappa shape index (κ3) is 4.42. The highest BCUT2D eigenvalue weighted by Gasteiger charge is 2.11. The van der Waals surface area contributed by atoms with Crippen LogP contribution in [0.15, 0.2) is 30.3 Å². The molecule has 0 heterocycles. The molecule has 0 aliphatic rings. The van der Waals surface area contributed by atoms with Gasteiger partial charge < -0.3 is 10.1 Å². The average Bonchev–Trinajstić information content (AvgIpc) is 2.47. The maximum Gasteiger partial charge on any atom is 0.142 e. The van der Waals surface area contributed by atoms with Crippen LogP contribution in [0, 0.1) is 5.82 Å². The highest BCUT2D eigenvalue weighted by Crippen LogP contribution is 2.33. The van der Waals surface area contributed by atoms with Gasteiger partial charge in [-0.1, -0.05) is 41.7 Å². The van der Waals surface area contributed by atoms with Gasteiger partial charge in [-0.3, -0.25) is 0 Å². The molecular weight excluding hydrogens is 348 g/mol. The van der Waals surface area contributed by atoms with Crippen LogP contribution in [-0.4, -0.2) is 6.61 Å². The van der Waals surface area contributed by atoms with Crippen molar-refractivity contribution in [3.05, 3.63) is 56.8 Å². The van der Waals surface area contributed by atoms with E-state index in [2.05, 4.69) is 5.32 Å². The summed E-state index contributed by atoms with van der Waals surface area (Å²) in [5.41, 5.74) is 1.52. The summed E-state index contributed by atoms with van der Waals surface area (Å²) >= 11 is 18.0. The smallest absolute Gasteiger partial charge is 0.142 e. The highest BCUT2D eigenvalue weighted by atomic mass is 35.5. The summed E-state index contributed by atoms with van der Waals surface area (Å²) < 4.78 is 18.8. The van der Waals surface area contributed by atoms with E-state index in [1.807, 2.05) is 6.92 Å². The zero-order chi connectivity index (χ0) is 16.1. The Morgan fingerprint density at radius 1 is 1.09 bits per heavy atom. The minimum atomic E-state index is -0.454. The zero-order valence-electron chi connectivity index (χ0n) is 11.9. The minimum Gasteiger partial charge on any atom is -0.492 e. The Hall–Kier alpha value is -1.16. The molecule has 0 aliphatic carbocycles. The molecule has 0 bridgehead atoms. The first-order chi connectivity index (χ1) is 10.5. The lowest BCUT2D eigenvalue weighted by molar-refractivity contribution is 0.314. The van der Waals surface area contributed by atoms with Crippen molar-refractivity contribution in [2.45, 2.75) is 19.9 Å². The number of rotatable bonds is 6. The van der Waals surface area contributed by atoms with E-state index in [0.717, 1.165) is 12.0 Å². The maximum absolute atomic E-state index is 13.2. The van der Waals surface area contributed by atoms with Crippen LogP contribution in [0.25, 0.3) is 0 Å². The molecule has 22 heavy (non-hydrogen) atoms. The lowest BCUT2D eigenvalue weighted by atomic mass is 10.2. The highest BCUT2D eigenvalue weighted by molar-refractivity contribution is 6.35. The zero-order valence-corrected chi connectivity index (χ0v) is 14.2. The molecule has 0 spiro atoms. The summed E-state index contributed by atoms with van der Waals surface area (Å²) in [5.74, 6) is 0.151. The lowest BCUT2D eigenvalue weighted by Crippen LogP contribution is -2.05. The number of ether oxygens (including phenoxy) is 1. The summed E-state index contributed by atoms with van der Waals surface area (Å²) in [7, 11) is 0. The van der Waals surface area contributed by atoms with Crippen LogP contribution in [-0.2, 0) is 6.54 Å². The van der Waals surface area contributed by atoms with Gasteiger partial charge in [-0.15, -0.1) is 0 Å². The molecule has 1 N–H and O–H groups in total. The van der Waals surface area contributed by atoms with E-state index in [-0.39, 0.29) is 5.02 Å². The minimum absolute atomic E-state index is 0.0663. The van der Waals surface area contributed by atoms with Gasteiger partial charge in [0.15, 0.2) is 0 Å². The Morgan fingerprint density at radius 2 is 1.86 bits per heavy atom. The van der Waals surface area contributed by atoms with Gasteiger partial charge in [0, 0.05) is 22.8 Å². The van der Waals surface area contributed by atoms with Crippen LogP contribution in [0.5, 0.6) is 5.75 Å². The fourth-order valence-electron chi connectivity index (χ4n) is 1.91. The lowest BCUT2D eigenvalue weighted by Gasteiger charge is -2.15. The molecule has 6 heteroatoms. The van der Waals surface area contributed by atoms with E-state index in [9.17, 15) is 4.39 Å². The molecule has 0 radical (unpaired) electrons. The number of benzene rings is 2. The summed E-state index contributed by atoms with van der Waals surface area (Å²) in [5, 5.41) is 4.22. The first-order valence-corrected chi connectivity index (χ1v) is 7.94. The van der Waals surface area contributed by atoms with Gasteiger partial charge in [0.25, 0.3) is 0 Å². The second-order valence-corrected chi connectivity index (χ2v) is 5.96. The van der Waals surface area contributed by atoms with E-state index < -0.39 is 5.82 Å². The molecule has 0 aromatic heterocycles. The standard InChI is InChI=1S/C16H15Cl3FNO/c1-2-5-22-16-10(6-11(17)7-14(16)19)9-21-12-3-4-15(20)13(18)8-12/h3-4,6-8,21H,2,5,9H2,1H3. The van der Waals surface area contributed by atoms with E-state index in [1.54, 1.807) is 18.2 Å². The second kappa shape index (κ2) is 7.91. The van der Waals surface area contributed by atoms with E-state index in [0.29, 0.717) is 34.6 Å². The fraction of sp³-hybridized carbons (Fsp3) is 0.250. The number of nitrogens with one attached hydrogen (secondary N) is 1. The summed E-state index contributed by atoms with van der Waals surface area (Å²) in [6, 6.07) is 7.88. The van der Waals surface area contributed by atoms with E-state index in [4.69, 9.17) is 39.5 Å². The van der Waals surface area contributed by atoms with Crippen molar-refractivity contribution in [3.8, 4) is 5.75 Å². The maximum atomic E-state index is 13.2. The normalized spacial score (nSPS) is 10.6. The number of anilines is 1. The number of halogens is 4. The first-order valence-electron chi connectivity index (χ1n) is 6.81. The van der Waals surface area contributed by atoms with Crippen molar-refractivity contribution in [3.63, 3.8) is 0 Å². The van der Waals surface area contributed by atoms with Gasteiger partial charge in [-0.05, 0) is 36.8 Å². The molecule has 0 saturated heterocycles. The van der Waals surface area contributed by atoms with Crippen molar-refractivity contribution in [1.29, 1.82) is 0 Å². The SMILES string of the molecule is CCCOc1c(Cl)cc(Cl)cc1CNc1ccc(F)c(Cl)c1. The molecule has 0 fully saturated rings. The molecule has 0 atom stereocenters. The van der Waals surface area contributed by atoms with Crippen molar-refractivity contribution in [2.24, 2.45) is 0 Å². The van der Waals surface area contributed by atoms with Gasteiger partial charge in [0.05, 0.1) is 16.7 Å². The van der Waals surface area contributed by atoms with Gasteiger partial charge in [-0.25, -0.2) is 4.39 Å². The largest absolute Gasteiger partial charge is 0.492 e. The Kier molecular flexibility index (Phi) is 6.18. The van der Waals surface area contributed by atoms with Crippen LogP contribution < -0.4 is 10.1 Å². The third-order valence-electron chi connectivity index (χ3n) is 2.94. The van der Waals surface area contributed by atoms with Gasteiger partial charge in [0.2, 0.25) is 0 Å². The molecule has 0 amide bonds. The third-order valence-corrected chi connectivity index (χ3v) is 3.73. The second-order valence-electron chi connectivity index (χ2n) is 4.71. The monoisotopic (exact) mass is 361 g/mol. The molecule has 0 aliphatic heterocycles. The van der Waals surface area contributed by atoms with E-state index in [1.165, 1.54) is 12.1 Å². The van der Waals surface area contributed by atoms with E-state index >= 15 is 0 Å². The van der Waals surface area contributed by atoms with Crippen molar-refractivity contribution >= 4 is 40.5 Å². The van der Waals surface area contributed by atoms with Crippen LogP contribution in [0.3, 0.4) is 0 Å². The summed E-state index contributed by atoms with van der Waals surface area (Å²) in [6.45, 7) is 3.01. The van der Waals surface area contributed by atoms with Crippen molar-refractivity contribution in [1.82, 2.24) is 0 Å². The summed E-state index contributed by atoms with van der Waals surface area (Å²) in [6.07, 6.45) is 0.874. The Labute approximate surface area is 144 Å². The number of hydrogen-bond donors (Lipinski definition) is 1. The number of hydrogen-bond acceptors (Lipinski definition) is 2. The van der Waals surface area contributed by atoms with Crippen molar-refractivity contribution in [2.75, 3.05) is 11.9 Å². The first kappa shape index (κ1) is 17.2. The van der Waals surface area contributed by atoms with Gasteiger partial charge in [-0.2, -0.15) is 0 Å². The molecule has 2 aromatic rings. The van der Waals surface area contributed by atoms with Gasteiger partial charge in [0.1, 0.15) is 11.6 Å². The van der Waals surface area contributed by atoms with Crippen LogP contribution in [0.2, 0.25) is 15.1 Å². The van der Waals surface area contributed by atoms with Crippen molar-refractivity contribution < 1.29 is 9.13 Å². The molecule has 118 valence electrons. The Bertz CT molecular complexity index is 664. The molecule has 0 unspecified atom stereocenters. The molecule has 2 nitrogen and oxygen atoms in total. The molecule has 0 saturated carbocycles. The van der Waals surface area contributed by atoms with Crippen LogP contribution in [0.4, 0.5) is 10.1 Å². The molecule has 2 aromatic carbocycles. The van der Waals surface area contributed by atoms with Crippen LogP contribution in [0.1, 0.15) is 18.9 Å². The fourth-order valence-corrected chi connectivity index (χ4v) is 2.68. The molecule has 2 rings (SSSR count). The topological polar surface area (TPSA) is 21.3 Å². The quantitative estimate of drug-likeness (QED) is 0.662. The summed E-state index contributed by atoms with van der Waals surface area (Å²) in [4.78, 5) is 0.